The summed E-state index contributed by atoms with van der Waals surface area (Å²) >= 11 is 6.08. The zero-order valence-corrected chi connectivity index (χ0v) is 10.6. The van der Waals surface area contributed by atoms with E-state index < -0.39 is 0 Å². The Hall–Kier alpha value is -1.25. The summed E-state index contributed by atoms with van der Waals surface area (Å²) in [6, 6.07) is 9.85. The molecular formula is C14H16ClNO. The van der Waals surface area contributed by atoms with Crippen molar-refractivity contribution in [1.29, 1.82) is 0 Å². The third kappa shape index (κ3) is 3.11. The number of hydrogen-bond acceptors (Lipinski definition) is 2. The number of hydrogen-bond donors (Lipinski definition) is 1. The number of benzene rings is 1. The largest absolute Gasteiger partial charge is 0.469 e. The molecule has 0 saturated heterocycles. The molecule has 2 nitrogen and oxygen atoms in total. The fourth-order valence-electron chi connectivity index (χ4n) is 1.76. The molecule has 17 heavy (non-hydrogen) atoms. The predicted molar refractivity (Wildman–Crippen MR) is 70.1 cm³/mol. The Morgan fingerprint density at radius 1 is 1.35 bits per heavy atom. The highest BCUT2D eigenvalue weighted by Gasteiger charge is 2.08. The van der Waals surface area contributed by atoms with Gasteiger partial charge in [0.1, 0.15) is 5.76 Å². The summed E-state index contributed by atoms with van der Waals surface area (Å²) in [5.41, 5.74) is 8.28. The van der Waals surface area contributed by atoms with Crippen molar-refractivity contribution in [1.82, 2.24) is 0 Å². The van der Waals surface area contributed by atoms with Gasteiger partial charge in [0.15, 0.2) is 0 Å². The maximum Gasteiger partial charge on any atom is 0.103 e. The van der Waals surface area contributed by atoms with Crippen molar-refractivity contribution in [2.45, 2.75) is 25.8 Å². The van der Waals surface area contributed by atoms with Crippen LogP contribution in [0.1, 0.15) is 29.3 Å². The van der Waals surface area contributed by atoms with Gasteiger partial charge in [0, 0.05) is 17.5 Å². The van der Waals surface area contributed by atoms with Gasteiger partial charge in [-0.15, -0.1) is 0 Å². The average Bonchev–Trinajstić information content (AvgIpc) is 2.82. The second-order valence-electron chi connectivity index (χ2n) is 4.23. The Kier molecular flexibility index (Phi) is 3.87. The second kappa shape index (κ2) is 5.39. The lowest BCUT2D eigenvalue weighted by Gasteiger charge is -2.12. The molecule has 0 bridgehead atoms. The smallest absolute Gasteiger partial charge is 0.103 e. The van der Waals surface area contributed by atoms with Crippen LogP contribution in [0.3, 0.4) is 0 Å². The first-order valence-electron chi connectivity index (χ1n) is 5.71. The molecule has 0 spiro atoms. The fourth-order valence-corrected chi connectivity index (χ4v) is 1.95. The van der Waals surface area contributed by atoms with Gasteiger partial charge in [-0.05, 0) is 42.7 Å². The lowest BCUT2D eigenvalue weighted by atomic mass is 10.0. The van der Waals surface area contributed by atoms with Crippen molar-refractivity contribution in [3.8, 4) is 0 Å². The van der Waals surface area contributed by atoms with E-state index in [1.165, 1.54) is 0 Å². The maximum absolute atomic E-state index is 6.13. The highest BCUT2D eigenvalue weighted by atomic mass is 35.5. The third-order valence-corrected chi connectivity index (χ3v) is 3.31. The minimum Gasteiger partial charge on any atom is -0.469 e. The van der Waals surface area contributed by atoms with Gasteiger partial charge in [-0.1, -0.05) is 23.7 Å². The van der Waals surface area contributed by atoms with Gasteiger partial charge in [0.05, 0.1) is 6.26 Å². The van der Waals surface area contributed by atoms with Crippen LogP contribution in [-0.4, -0.2) is 0 Å². The molecular weight excluding hydrogens is 234 g/mol. The predicted octanol–water partition coefficient (Wildman–Crippen LogP) is 3.87. The number of halogens is 1. The Morgan fingerprint density at radius 2 is 2.18 bits per heavy atom. The molecule has 0 saturated carbocycles. The third-order valence-electron chi connectivity index (χ3n) is 2.91. The van der Waals surface area contributed by atoms with E-state index in [9.17, 15) is 0 Å². The molecule has 1 aromatic heterocycles. The molecule has 0 fully saturated rings. The number of rotatable bonds is 4. The summed E-state index contributed by atoms with van der Waals surface area (Å²) in [6.45, 7) is 1.99. The Bertz CT molecular complexity index is 479. The molecule has 2 aromatic rings. The Labute approximate surface area is 106 Å². The van der Waals surface area contributed by atoms with Crippen LogP contribution in [0.5, 0.6) is 0 Å². The van der Waals surface area contributed by atoms with Gasteiger partial charge in [-0.25, -0.2) is 0 Å². The van der Waals surface area contributed by atoms with Crippen LogP contribution in [0.2, 0.25) is 5.02 Å². The highest BCUT2D eigenvalue weighted by molar-refractivity contribution is 6.31. The Morgan fingerprint density at radius 3 is 2.82 bits per heavy atom. The first kappa shape index (κ1) is 12.2. The molecule has 1 heterocycles. The minimum atomic E-state index is -0.00167. The second-order valence-corrected chi connectivity index (χ2v) is 4.64. The number of nitrogens with two attached hydrogens (primary N) is 1. The summed E-state index contributed by atoms with van der Waals surface area (Å²) in [6.07, 6.45) is 3.39. The van der Waals surface area contributed by atoms with Gasteiger partial charge in [0.25, 0.3) is 0 Å². The van der Waals surface area contributed by atoms with E-state index in [2.05, 4.69) is 0 Å². The Balaban J connectivity index is 1.99. The molecule has 0 amide bonds. The van der Waals surface area contributed by atoms with Crippen LogP contribution in [-0.2, 0) is 6.42 Å². The van der Waals surface area contributed by atoms with E-state index >= 15 is 0 Å². The van der Waals surface area contributed by atoms with E-state index in [4.69, 9.17) is 21.8 Å². The van der Waals surface area contributed by atoms with Crippen LogP contribution >= 0.6 is 11.6 Å². The van der Waals surface area contributed by atoms with E-state index in [0.29, 0.717) is 0 Å². The molecule has 1 unspecified atom stereocenters. The lowest BCUT2D eigenvalue weighted by molar-refractivity contribution is 0.488. The van der Waals surface area contributed by atoms with Crippen molar-refractivity contribution in [2.75, 3.05) is 0 Å². The summed E-state index contributed by atoms with van der Waals surface area (Å²) in [7, 11) is 0. The van der Waals surface area contributed by atoms with Crippen molar-refractivity contribution in [3.05, 3.63) is 58.5 Å². The van der Waals surface area contributed by atoms with E-state index in [-0.39, 0.29) is 6.04 Å². The minimum absolute atomic E-state index is 0.00167. The molecule has 2 N–H and O–H groups in total. The van der Waals surface area contributed by atoms with Gasteiger partial charge in [0.2, 0.25) is 0 Å². The van der Waals surface area contributed by atoms with Crippen LogP contribution in [0.25, 0.3) is 0 Å². The molecule has 1 aromatic carbocycles. The molecule has 1 atom stereocenters. The SMILES string of the molecule is Cc1ccc(C(N)CCc2ccco2)cc1Cl. The molecule has 0 aliphatic rings. The van der Waals surface area contributed by atoms with Crippen molar-refractivity contribution in [3.63, 3.8) is 0 Å². The standard InChI is InChI=1S/C14H16ClNO/c1-10-4-5-11(9-13(10)15)14(16)7-6-12-3-2-8-17-12/h2-5,8-9,14H,6-7,16H2,1H3. The van der Waals surface area contributed by atoms with Crippen LogP contribution in [0.4, 0.5) is 0 Å². The van der Waals surface area contributed by atoms with Gasteiger partial charge < -0.3 is 10.2 Å². The van der Waals surface area contributed by atoms with Crippen LogP contribution < -0.4 is 5.73 Å². The van der Waals surface area contributed by atoms with Crippen molar-refractivity contribution < 1.29 is 4.42 Å². The first-order chi connectivity index (χ1) is 8.16. The highest BCUT2D eigenvalue weighted by Crippen LogP contribution is 2.23. The lowest BCUT2D eigenvalue weighted by Crippen LogP contribution is -2.11. The van der Waals surface area contributed by atoms with E-state index in [1.807, 2.05) is 37.3 Å². The van der Waals surface area contributed by atoms with Crippen molar-refractivity contribution in [2.24, 2.45) is 5.73 Å². The average molecular weight is 250 g/mol. The molecule has 0 aliphatic carbocycles. The topological polar surface area (TPSA) is 39.2 Å². The molecule has 0 radical (unpaired) electrons. The van der Waals surface area contributed by atoms with Crippen LogP contribution in [0.15, 0.2) is 41.0 Å². The quantitative estimate of drug-likeness (QED) is 0.893. The summed E-state index contributed by atoms with van der Waals surface area (Å²) in [4.78, 5) is 0. The van der Waals surface area contributed by atoms with Gasteiger partial charge >= 0.3 is 0 Å². The van der Waals surface area contributed by atoms with Gasteiger partial charge in [-0.3, -0.25) is 0 Å². The normalized spacial score (nSPS) is 12.6. The maximum atomic E-state index is 6.13. The van der Waals surface area contributed by atoms with Crippen molar-refractivity contribution >= 4 is 11.6 Å². The fraction of sp³-hybridized carbons (Fsp3) is 0.286. The number of aryl methyl sites for hydroxylation is 2. The summed E-state index contributed by atoms with van der Waals surface area (Å²) in [5, 5.41) is 0.774. The summed E-state index contributed by atoms with van der Waals surface area (Å²) in [5.74, 6) is 0.971. The van der Waals surface area contributed by atoms with E-state index in [0.717, 1.165) is 34.8 Å². The monoisotopic (exact) mass is 249 g/mol. The molecule has 3 heteroatoms. The van der Waals surface area contributed by atoms with E-state index in [1.54, 1.807) is 6.26 Å². The summed E-state index contributed by atoms with van der Waals surface area (Å²) < 4.78 is 5.28. The first-order valence-corrected chi connectivity index (χ1v) is 6.08. The number of furan rings is 1. The molecule has 0 aliphatic heterocycles. The zero-order valence-electron chi connectivity index (χ0n) is 9.82. The molecule has 90 valence electrons. The zero-order chi connectivity index (χ0) is 12.3. The van der Waals surface area contributed by atoms with Gasteiger partial charge in [-0.2, -0.15) is 0 Å². The van der Waals surface area contributed by atoms with Crippen LogP contribution in [0, 0.1) is 6.92 Å². The molecule has 2 rings (SSSR count).